The van der Waals surface area contributed by atoms with Gasteiger partial charge in [0.2, 0.25) is 0 Å². The van der Waals surface area contributed by atoms with E-state index in [0.717, 1.165) is 5.56 Å². The van der Waals surface area contributed by atoms with E-state index in [1.54, 1.807) is 12.1 Å². The highest BCUT2D eigenvalue weighted by atomic mass is 16.4. The highest BCUT2D eigenvalue weighted by Gasteiger charge is 2.36. The van der Waals surface area contributed by atoms with Crippen molar-refractivity contribution in [2.24, 2.45) is 11.8 Å². The second-order valence-corrected chi connectivity index (χ2v) is 5.33. The van der Waals surface area contributed by atoms with E-state index in [2.05, 4.69) is 4.90 Å². The van der Waals surface area contributed by atoms with E-state index in [1.165, 1.54) is 6.07 Å². The lowest BCUT2D eigenvalue weighted by atomic mass is 9.99. The largest absolute Gasteiger partial charge is 0.508 e. The molecule has 2 rings (SSSR count). The number of nitrogens with zero attached hydrogens (tertiary/aromatic N) is 1. The van der Waals surface area contributed by atoms with Gasteiger partial charge in [0.25, 0.3) is 0 Å². The molecule has 19 heavy (non-hydrogen) atoms. The summed E-state index contributed by atoms with van der Waals surface area (Å²) in [6, 6.07) is 4.44. The molecule has 0 amide bonds. The molecule has 1 aromatic rings. The van der Waals surface area contributed by atoms with Crippen molar-refractivity contribution in [2.75, 3.05) is 13.1 Å². The maximum Gasteiger partial charge on any atom is 0.308 e. The Kier molecular flexibility index (Phi) is 3.66. The van der Waals surface area contributed by atoms with Crippen molar-refractivity contribution in [2.45, 2.75) is 19.9 Å². The third kappa shape index (κ3) is 2.81. The maximum atomic E-state index is 11.1. The first kappa shape index (κ1) is 13.7. The molecule has 0 saturated carbocycles. The molecule has 104 valence electrons. The Balaban J connectivity index is 2.16. The van der Waals surface area contributed by atoms with Gasteiger partial charge in [-0.1, -0.05) is 6.92 Å². The van der Waals surface area contributed by atoms with Crippen molar-refractivity contribution in [3.05, 3.63) is 23.8 Å². The summed E-state index contributed by atoms with van der Waals surface area (Å²) in [5.41, 5.74) is 0.788. The Hall–Kier alpha value is -1.75. The summed E-state index contributed by atoms with van der Waals surface area (Å²) in [4.78, 5) is 13.2. The van der Waals surface area contributed by atoms with Crippen molar-refractivity contribution >= 4 is 5.97 Å². The van der Waals surface area contributed by atoms with Gasteiger partial charge in [0.05, 0.1) is 5.92 Å². The number of hydrogen-bond donors (Lipinski definition) is 3. The number of benzene rings is 1. The van der Waals surface area contributed by atoms with Gasteiger partial charge in [-0.15, -0.1) is 0 Å². The molecule has 3 atom stereocenters. The van der Waals surface area contributed by atoms with Crippen molar-refractivity contribution in [1.82, 2.24) is 4.90 Å². The topological polar surface area (TPSA) is 81.0 Å². The van der Waals surface area contributed by atoms with Gasteiger partial charge in [0.15, 0.2) is 0 Å². The zero-order valence-electron chi connectivity index (χ0n) is 11.1. The van der Waals surface area contributed by atoms with Crippen LogP contribution in [0.25, 0.3) is 0 Å². The number of rotatable bonds is 3. The molecule has 0 bridgehead atoms. The normalized spacial score (nSPS) is 25.4. The van der Waals surface area contributed by atoms with Gasteiger partial charge in [-0.25, -0.2) is 0 Å². The Morgan fingerprint density at radius 2 is 1.84 bits per heavy atom. The summed E-state index contributed by atoms with van der Waals surface area (Å²) in [6.07, 6.45) is 0. The average molecular weight is 265 g/mol. The molecule has 0 aliphatic carbocycles. The van der Waals surface area contributed by atoms with Crippen LogP contribution in [0.1, 0.15) is 25.5 Å². The summed E-state index contributed by atoms with van der Waals surface area (Å²) in [5.74, 6) is -0.979. The Morgan fingerprint density at radius 1 is 1.26 bits per heavy atom. The number of hydrogen-bond acceptors (Lipinski definition) is 4. The van der Waals surface area contributed by atoms with Crippen LogP contribution in [0.3, 0.4) is 0 Å². The minimum absolute atomic E-state index is 0.0175. The van der Waals surface area contributed by atoms with E-state index in [1.807, 2.05) is 13.8 Å². The lowest BCUT2D eigenvalue weighted by molar-refractivity contribution is -0.142. The molecule has 0 aromatic heterocycles. The lowest BCUT2D eigenvalue weighted by Crippen LogP contribution is -2.26. The summed E-state index contributed by atoms with van der Waals surface area (Å²) >= 11 is 0. The van der Waals surface area contributed by atoms with Gasteiger partial charge in [-0.3, -0.25) is 9.69 Å². The van der Waals surface area contributed by atoms with Crippen LogP contribution in [-0.4, -0.2) is 39.3 Å². The highest BCUT2D eigenvalue weighted by Crippen LogP contribution is 2.33. The number of carbonyl (C=O) groups is 1. The second kappa shape index (κ2) is 5.09. The molecule has 5 nitrogen and oxygen atoms in total. The van der Waals surface area contributed by atoms with E-state index in [4.69, 9.17) is 5.11 Å². The molecule has 1 heterocycles. The van der Waals surface area contributed by atoms with Crippen molar-refractivity contribution in [3.63, 3.8) is 0 Å². The molecule has 1 saturated heterocycles. The number of phenols is 2. The summed E-state index contributed by atoms with van der Waals surface area (Å²) in [7, 11) is 0. The minimum Gasteiger partial charge on any atom is -0.508 e. The first-order chi connectivity index (χ1) is 8.88. The standard InChI is InChI=1S/C14H19NO4/c1-8-6-15(7-13(8)14(18)19)9(2)10-3-11(16)5-12(17)4-10/h3-5,8-9,13,16-17H,6-7H2,1-2H3,(H,18,19)/t8-,9?,13-/m1/s1. The fourth-order valence-electron chi connectivity index (χ4n) is 2.71. The molecular formula is C14H19NO4. The van der Waals surface area contributed by atoms with E-state index < -0.39 is 5.97 Å². The molecular weight excluding hydrogens is 246 g/mol. The van der Waals surface area contributed by atoms with Gasteiger partial charge < -0.3 is 15.3 Å². The summed E-state index contributed by atoms with van der Waals surface area (Å²) in [5, 5.41) is 28.1. The third-order valence-electron chi connectivity index (χ3n) is 3.91. The van der Waals surface area contributed by atoms with Crippen molar-refractivity contribution in [1.29, 1.82) is 0 Å². The number of aromatic hydroxyl groups is 2. The van der Waals surface area contributed by atoms with Gasteiger partial charge in [-0.05, 0) is 30.5 Å². The molecule has 1 fully saturated rings. The van der Waals surface area contributed by atoms with Crippen LogP contribution in [-0.2, 0) is 4.79 Å². The van der Waals surface area contributed by atoms with Gasteiger partial charge in [-0.2, -0.15) is 0 Å². The quantitative estimate of drug-likeness (QED) is 0.776. The molecule has 0 radical (unpaired) electrons. The van der Waals surface area contributed by atoms with E-state index in [-0.39, 0.29) is 29.4 Å². The predicted octanol–water partition coefficient (Wildman–Crippen LogP) is 1.81. The summed E-state index contributed by atoms with van der Waals surface area (Å²) < 4.78 is 0. The monoisotopic (exact) mass is 265 g/mol. The van der Waals surface area contributed by atoms with Gasteiger partial charge >= 0.3 is 5.97 Å². The Bertz CT molecular complexity index is 468. The van der Waals surface area contributed by atoms with Crippen LogP contribution in [0, 0.1) is 11.8 Å². The fourth-order valence-corrected chi connectivity index (χ4v) is 2.71. The third-order valence-corrected chi connectivity index (χ3v) is 3.91. The first-order valence-corrected chi connectivity index (χ1v) is 6.38. The maximum absolute atomic E-state index is 11.1. The molecule has 3 N–H and O–H groups in total. The first-order valence-electron chi connectivity index (χ1n) is 6.38. The highest BCUT2D eigenvalue weighted by molar-refractivity contribution is 5.71. The number of aliphatic carboxylic acids is 1. The zero-order valence-corrected chi connectivity index (χ0v) is 11.1. The predicted molar refractivity (Wildman–Crippen MR) is 70.0 cm³/mol. The minimum atomic E-state index is -0.763. The van der Waals surface area contributed by atoms with E-state index >= 15 is 0 Å². The molecule has 1 aliphatic heterocycles. The number of phenolic OH excluding ortho intramolecular Hbond substituents is 2. The molecule has 1 unspecified atom stereocenters. The molecule has 0 spiro atoms. The fraction of sp³-hybridized carbons (Fsp3) is 0.500. The lowest BCUT2D eigenvalue weighted by Gasteiger charge is -2.24. The van der Waals surface area contributed by atoms with Crippen LogP contribution >= 0.6 is 0 Å². The van der Waals surface area contributed by atoms with Crippen LogP contribution in [0.4, 0.5) is 0 Å². The molecule has 1 aliphatic rings. The van der Waals surface area contributed by atoms with Crippen LogP contribution in [0.2, 0.25) is 0 Å². The summed E-state index contributed by atoms with van der Waals surface area (Å²) in [6.45, 7) is 5.08. The Labute approximate surface area is 112 Å². The van der Waals surface area contributed by atoms with Gasteiger partial charge in [0, 0.05) is 25.2 Å². The van der Waals surface area contributed by atoms with E-state index in [0.29, 0.717) is 13.1 Å². The Morgan fingerprint density at radius 3 is 2.32 bits per heavy atom. The van der Waals surface area contributed by atoms with Crippen molar-refractivity contribution in [3.8, 4) is 11.5 Å². The number of likely N-dealkylation sites (tertiary alicyclic amines) is 1. The van der Waals surface area contributed by atoms with Crippen molar-refractivity contribution < 1.29 is 20.1 Å². The van der Waals surface area contributed by atoms with E-state index in [9.17, 15) is 15.0 Å². The van der Waals surface area contributed by atoms with Gasteiger partial charge in [0.1, 0.15) is 11.5 Å². The van der Waals surface area contributed by atoms with Crippen LogP contribution in [0.15, 0.2) is 18.2 Å². The number of carboxylic acids is 1. The van der Waals surface area contributed by atoms with Crippen LogP contribution in [0.5, 0.6) is 11.5 Å². The van der Waals surface area contributed by atoms with Crippen LogP contribution < -0.4 is 0 Å². The molecule has 1 aromatic carbocycles. The molecule has 5 heteroatoms. The SMILES string of the molecule is CC(c1cc(O)cc(O)c1)N1C[C@@H](C)[C@H](C(=O)O)C1. The zero-order chi connectivity index (χ0) is 14.2. The average Bonchev–Trinajstić information content (AvgIpc) is 2.69. The number of carboxylic acid groups (broad SMARTS) is 1. The second-order valence-electron chi connectivity index (χ2n) is 5.33. The smallest absolute Gasteiger partial charge is 0.308 e.